The molecule has 1 saturated heterocycles. The maximum Gasteiger partial charge on any atom is 0.269 e. The molecule has 132 valence electrons. The van der Waals surface area contributed by atoms with Crippen LogP contribution in [0.3, 0.4) is 0 Å². The predicted molar refractivity (Wildman–Crippen MR) is 101 cm³/mol. The van der Waals surface area contributed by atoms with Gasteiger partial charge in [-0.25, -0.2) is 0 Å². The van der Waals surface area contributed by atoms with E-state index >= 15 is 0 Å². The van der Waals surface area contributed by atoms with Gasteiger partial charge in [0.15, 0.2) is 0 Å². The third-order valence-corrected chi connectivity index (χ3v) is 6.07. The molecule has 0 radical (unpaired) electrons. The van der Waals surface area contributed by atoms with Gasteiger partial charge in [-0.05, 0) is 24.3 Å². The van der Waals surface area contributed by atoms with Crippen LogP contribution in [-0.2, 0) is 19.3 Å². The lowest BCUT2D eigenvalue weighted by Gasteiger charge is -2.33. The van der Waals surface area contributed by atoms with Crippen molar-refractivity contribution >= 4 is 52.5 Å². The third kappa shape index (κ3) is 2.31. The van der Waals surface area contributed by atoms with Gasteiger partial charge in [-0.3, -0.25) is 24.2 Å². The zero-order chi connectivity index (χ0) is 18.5. The number of carbonyl (C=O) groups is 3. The van der Waals surface area contributed by atoms with Gasteiger partial charge in [0.2, 0.25) is 16.7 Å². The van der Waals surface area contributed by atoms with E-state index in [0.717, 1.165) is 0 Å². The van der Waals surface area contributed by atoms with Crippen molar-refractivity contribution in [1.29, 1.82) is 0 Å². The van der Waals surface area contributed by atoms with Crippen molar-refractivity contribution in [2.45, 2.75) is 4.87 Å². The minimum absolute atomic E-state index is 0.150. The average Bonchev–Trinajstić information content (AvgIpc) is 3.07. The Bertz CT molecular complexity index is 951. The number of hydrogen-bond donors (Lipinski definition) is 1. The summed E-state index contributed by atoms with van der Waals surface area (Å²) in [4.78, 5) is 39.2. The normalized spacial score (nSPS) is 21.6. The number of nitrogens with zero attached hydrogens (tertiary/aromatic N) is 2. The fourth-order valence-electron chi connectivity index (χ4n) is 3.48. The van der Waals surface area contributed by atoms with Crippen molar-refractivity contribution in [3.63, 3.8) is 0 Å². The average molecular weight is 388 g/mol. The molecule has 0 saturated carbocycles. The van der Waals surface area contributed by atoms with E-state index in [4.69, 9.17) is 17.3 Å². The molecule has 1 fully saturated rings. The molecule has 2 aromatic carbocycles. The summed E-state index contributed by atoms with van der Waals surface area (Å²) in [6.07, 6.45) is 0. The number of halogens is 1. The summed E-state index contributed by atoms with van der Waals surface area (Å²) < 4.78 is 0. The molecule has 0 unspecified atom stereocenters. The number of para-hydroxylation sites is 1. The minimum atomic E-state index is -1.26. The maximum absolute atomic E-state index is 13.4. The van der Waals surface area contributed by atoms with Gasteiger partial charge in [-0.2, -0.15) is 0 Å². The summed E-state index contributed by atoms with van der Waals surface area (Å²) in [5.74, 6) is -1.01. The molecule has 4 rings (SSSR count). The Morgan fingerprint density at radius 3 is 2.69 bits per heavy atom. The number of carbonyl (C=O) groups excluding carboxylic acids is 3. The van der Waals surface area contributed by atoms with E-state index in [0.29, 0.717) is 22.0 Å². The summed E-state index contributed by atoms with van der Waals surface area (Å²) in [6, 6.07) is 14.0. The largest absolute Gasteiger partial charge is 0.368 e. The molecule has 2 aromatic rings. The van der Waals surface area contributed by atoms with Crippen molar-refractivity contribution in [2.24, 2.45) is 5.73 Å². The molecule has 2 heterocycles. The quantitative estimate of drug-likeness (QED) is 0.874. The maximum atomic E-state index is 13.4. The number of fused-ring (bicyclic) bond motifs is 2. The zero-order valence-corrected chi connectivity index (χ0v) is 15.1. The molecule has 0 aliphatic carbocycles. The number of hydrogen-bond acceptors (Lipinski definition) is 4. The minimum Gasteiger partial charge on any atom is -0.368 e. The number of rotatable bonds is 3. The van der Waals surface area contributed by atoms with E-state index in [1.807, 2.05) is 0 Å². The van der Waals surface area contributed by atoms with Crippen LogP contribution in [0, 0.1) is 0 Å². The van der Waals surface area contributed by atoms with Crippen LogP contribution in [0.1, 0.15) is 5.56 Å². The number of amides is 3. The first-order chi connectivity index (χ1) is 12.4. The molecule has 2 aliphatic heterocycles. The van der Waals surface area contributed by atoms with Crippen molar-refractivity contribution in [3.05, 3.63) is 59.1 Å². The molecule has 2 aliphatic rings. The third-order valence-electron chi connectivity index (χ3n) is 4.44. The second-order valence-corrected chi connectivity index (χ2v) is 7.62. The van der Waals surface area contributed by atoms with E-state index in [9.17, 15) is 14.4 Å². The Hall–Kier alpha value is -2.51. The van der Waals surface area contributed by atoms with Crippen LogP contribution in [0.5, 0.6) is 0 Å². The summed E-state index contributed by atoms with van der Waals surface area (Å²) >= 11 is 7.34. The van der Waals surface area contributed by atoms with Crippen LogP contribution in [-0.4, -0.2) is 30.0 Å². The molecule has 0 aromatic heterocycles. The SMILES string of the molecule is NC(=O)CN1C(=O)[C@]2(SCC(=O)N2c2cccc(Cl)c2)c2ccccc21. The highest BCUT2D eigenvalue weighted by Gasteiger charge is 2.61. The van der Waals surface area contributed by atoms with E-state index in [1.54, 1.807) is 48.5 Å². The number of primary amides is 1. The molecular formula is C18H14ClN3O3S. The highest BCUT2D eigenvalue weighted by Crippen LogP contribution is 2.55. The van der Waals surface area contributed by atoms with E-state index in [-0.39, 0.29) is 24.1 Å². The second kappa shape index (κ2) is 6.03. The second-order valence-electron chi connectivity index (χ2n) is 6.02. The Labute approximate surface area is 158 Å². The molecule has 26 heavy (non-hydrogen) atoms. The molecule has 1 spiro atoms. The summed E-state index contributed by atoms with van der Waals surface area (Å²) in [5.41, 5.74) is 7.13. The standard InChI is InChI=1S/C18H14ClN3O3S/c19-11-4-3-5-12(8-11)22-16(24)10-26-18(22)13-6-1-2-7-14(13)21(17(18)25)9-15(20)23/h1-8H,9-10H2,(H2,20,23)/t18-/m1/s1. The van der Waals surface area contributed by atoms with Crippen LogP contribution in [0.2, 0.25) is 5.02 Å². The fraction of sp³-hybridized carbons (Fsp3) is 0.167. The van der Waals surface area contributed by atoms with Gasteiger partial charge in [0, 0.05) is 16.3 Å². The molecule has 0 bridgehead atoms. The number of anilines is 2. The lowest BCUT2D eigenvalue weighted by atomic mass is 10.0. The van der Waals surface area contributed by atoms with Crippen LogP contribution in [0.15, 0.2) is 48.5 Å². The van der Waals surface area contributed by atoms with Gasteiger partial charge in [0.25, 0.3) is 5.91 Å². The van der Waals surface area contributed by atoms with Gasteiger partial charge < -0.3 is 5.73 Å². The highest BCUT2D eigenvalue weighted by molar-refractivity contribution is 8.02. The lowest BCUT2D eigenvalue weighted by molar-refractivity contribution is -0.125. The van der Waals surface area contributed by atoms with Crippen LogP contribution < -0.4 is 15.5 Å². The Morgan fingerprint density at radius 2 is 1.96 bits per heavy atom. The van der Waals surface area contributed by atoms with E-state index < -0.39 is 10.8 Å². The van der Waals surface area contributed by atoms with Gasteiger partial charge in [0.1, 0.15) is 6.54 Å². The van der Waals surface area contributed by atoms with E-state index in [2.05, 4.69) is 0 Å². The molecule has 2 N–H and O–H groups in total. The van der Waals surface area contributed by atoms with Crippen molar-refractivity contribution in [1.82, 2.24) is 0 Å². The predicted octanol–water partition coefficient (Wildman–Crippen LogP) is 2.10. The zero-order valence-electron chi connectivity index (χ0n) is 13.5. The van der Waals surface area contributed by atoms with Crippen molar-refractivity contribution < 1.29 is 14.4 Å². The Kier molecular flexibility index (Phi) is 3.93. The Morgan fingerprint density at radius 1 is 1.19 bits per heavy atom. The van der Waals surface area contributed by atoms with Crippen LogP contribution in [0.25, 0.3) is 0 Å². The summed E-state index contributed by atoms with van der Waals surface area (Å²) in [6.45, 7) is -0.240. The molecule has 3 amide bonds. The first kappa shape index (κ1) is 16.9. The van der Waals surface area contributed by atoms with Gasteiger partial charge >= 0.3 is 0 Å². The molecule has 8 heteroatoms. The topological polar surface area (TPSA) is 83.7 Å². The summed E-state index contributed by atoms with van der Waals surface area (Å²) in [5, 5.41) is 0.468. The van der Waals surface area contributed by atoms with Crippen LogP contribution in [0.4, 0.5) is 11.4 Å². The molecule has 1 atom stereocenters. The first-order valence-electron chi connectivity index (χ1n) is 7.87. The summed E-state index contributed by atoms with van der Waals surface area (Å²) in [7, 11) is 0. The number of nitrogens with two attached hydrogens (primary N) is 1. The van der Waals surface area contributed by atoms with Gasteiger partial charge in [-0.15, -0.1) is 11.8 Å². The van der Waals surface area contributed by atoms with Gasteiger partial charge in [0.05, 0.1) is 11.4 Å². The van der Waals surface area contributed by atoms with Crippen molar-refractivity contribution in [3.8, 4) is 0 Å². The monoisotopic (exact) mass is 387 g/mol. The van der Waals surface area contributed by atoms with Crippen molar-refractivity contribution in [2.75, 3.05) is 22.1 Å². The smallest absolute Gasteiger partial charge is 0.269 e. The fourth-order valence-corrected chi connectivity index (χ4v) is 5.03. The Balaban J connectivity index is 1.92. The van der Waals surface area contributed by atoms with E-state index in [1.165, 1.54) is 21.6 Å². The van der Waals surface area contributed by atoms with Crippen LogP contribution >= 0.6 is 23.4 Å². The van der Waals surface area contributed by atoms with Gasteiger partial charge in [-0.1, -0.05) is 35.9 Å². The first-order valence-corrected chi connectivity index (χ1v) is 9.24. The molecular weight excluding hydrogens is 374 g/mol. The molecule has 6 nitrogen and oxygen atoms in total. The number of thioether (sulfide) groups is 1. The lowest BCUT2D eigenvalue weighted by Crippen LogP contribution is -2.51. The highest BCUT2D eigenvalue weighted by atomic mass is 35.5. The number of benzene rings is 2.